The number of benzene rings is 1. The highest BCUT2D eigenvalue weighted by Crippen LogP contribution is 2.24. The minimum absolute atomic E-state index is 0.000527. The van der Waals surface area contributed by atoms with Gasteiger partial charge in [0, 0.05) is 12.6 Å². The van der Waals surface area contributed by atoms with Crippen molar-refractivity contribution in [2.75, 3.05) is 19.0 Å². The first-order valence-electron chi connectivity index (χ1n) is 4.42. The van der Waals surface area contributed by atoms with E-state index in [4.69, 9.17) is 9.84 Å². The summed E-state index contributed by atoms with van der Waals surface area (Å²) >= 11 is 0. The maximum atomic E-state index is 12.8. The molecule has 1 rings (SSSR count). The van der Waals surface area contributed by atoms with Crippen LogP contribution in [0.1, 0.15) is 6.42 Å². The van der Waals surface area contributed by atoms with Gasteiger partial charge in [-0.15, -0.1) is 0 Å². The van der Waals surface area contributed by atoms with Gasteiger partial charge >= 0.3 is 5.97 Å². The Bertz CT molecular complexity index is 355. The Hall–Kier alpha value is -1.78. The van der Waals surface area contributed by atoms with Crippen LogP contribution in [0.15, 0.2) is 18.2 Å². The molecule has 0 aliphatic heterocycles. The molecule has 1 aromatic carbocycles. The Kier molecular flexibility index (Phi) is 3.91. The minimum Gasteiger partial charge on any atom is -0.494 e. The van der Waals surface area contributed by atoms with Crippen LogP contribution >= 0.6 is 0 Å². The van der Waals surface area contributed by atoms with Gasteiger partial charge in [0.25, 0.3) is 0 Å². The van der Waals surface area contributed by atoms with E-state index in [-0.39, 0.29) is 13.0 Å². The zero-order valence-electron chi connectivity index (χ0n) is 8.29. The van der Waals surface area contributed by atoms with Crippen molar-refractivity contribution in [2.24, 2.45) is 0 Å². The lowest BCUT2D eigenvalue weighted by Gasteiger charge is -2.09. The Morgan fingerprint density at radius 2 is 2.33 bits per heavy atom. The SMILES string of the molecule is COc1cc(F)ccc1NCCC(=O)O. The molecule has 2 N–H and O–H groups in total. The number of anilines is 1. The van der Waals surface area contributed by atoms with Crippen LogP contribution in [0, 0.1) is 5.82 Å². The smallest absolute Gasteiger partial charge is 0.305 e. The summed E-state index contributed by atoms with van der Waals surface area (Å²) in [4.78, 5) is 10.3. The van der Waals surface area contributed by atoms with Gasteiger partial charge in [0.15, 0.2) is 0 Å². The van der Waals surface area contributed by atoms with Crippen molar-refractivity contribution >= 4 is 11.7 Å². The topological polar surface area (TPSA) is 58.6 Å². The molecule has 0 amide bonds. The van der Waals surface area contributed by atoms with E-state index in [1.807, 2.05) is 0 Å². The van der Waals surface area contributed by atoms with E-state index in [1.54, 1.807) is 0 Å². The fourth-order valence-electron chi connectivity index (χ4n) is 1.12. The summed E-state index contributed by atoms with van der Waals surface area (Å²) < 4.78 is 17.7. The lowest BCUT2D eigenvalue weighted by atomic mass is 10.2. The van der Waals surface area contributed by atoms with Crippen molar-refractivity contribution < 1.29 is 19.0 Å². The highest BCUT2D eigenvalue weighted by atomic mass is 19.1. The fraction of sp³-hybridized carbons (Fsp3) is 0.300. The average molecular weight is 213 g/mol. The van der Waals surface area contributed by atoms with Crippen molar-refractivity contribution in [2.45, 2.75) is 6.42 Å². The molecule has 0 spiro atoms. The van der Waals surface area contributed by atoms with Crippen LogP contribution in [0.2, 0.25) is 0 Å². The summed E-state index contributed by atoms with van der Waals surface area (Å²) in [7, 11) is 1.43. The molecule has 0 radical (unpaired) electrons. The van der Waals surface area contributed by atoms with E-state index in [1.165, 1.54) is 25.3 Å². The predicted molar refractivity (Wildman–Crippen MR) is 53.7 cm³/mol. The molecule has 0 aliphatic carbocycles. The van der Waals surface area contributed by atoms with E-state index in [0.29, 0.717) is 11.4 Å². The number of halogens is 1. The van der Waals surface area contributed by atoms with Gasteiger partial charge in [-0.05, 0) is 12.1 Å². The molecule has 1 aromatic rings. The van der Waals surface area contributed by atoms with E-state index in [2.05, 4.69) is 5.32 Å². The lowest BCUT2D eigenvalue weighted by Crippen LogP contribution is -2.08. The number of nitrogens with one attached hydrogen (secondary N) is 1. The second kappa shape index (κ2) is 5.19. The van der Waals surface area contributed by atoms with Gasteiger partial charge in [0.05, 0.1) is 19.2 Å². The van der Waals surface area contributed by atoms with Gasteiger partial charge in [0.2, 0.25) is 0 Å². The highest BCUT2D eigenvalue weighted by Gasteiger charge is 2.04. The van der Waals surface area contributed by atoms with Crippen LogP contribution in [0.4, 0.5) is 10.1 Å². The zero-order chi connectivity index (χ0) is 11.3. The standard InChI is InChI=1S/C10H12FNO3/c1-15-9-6-7(11)2-3-8(9)12-5-4-10(13)14/h2-3,6,12H,4-5H2,1H3,(H,13,14). The Morgan fingerprint density at radius 1 is 1.60 bits per heavy atom. The first kappa shape index (κ1) is 11.3. The monoisotopic (exact) mass is 213 g/mol. The third-order valence-electron chi connectivity index (χ3n) is 1.82. The third-order valence-corrected chi connectivity index (χ3v) is 1.82. The lowest BCUT2D eigenvalue weighted by molar-refractivity contribution is -0.136. The molecule has 15 heavy (non-hydrogen) atoms. The Morgan fingerprint density at radius 3 is 2.93 bits per heavy atom. The van der Waals surface area contributed by atoms with Gasteiger partial charge in [-0.3, -0.25) is 4.79 Å². The van der Waals surface area contributed by atoms with Crippen LogP contribution < -0.4 is 10.1 Å². The number of carboxylic acid groups (broad SMARTS) is 1. The number of carbonyl (C=O) groups is 1. The van der Waals surface area contributed by atoms with Gasteiger partial charge in [-0.1, -0.05) is 0 Å². The normalized spacial score (nSPS) is 9.73. The summed E-state index contributed by atoms with van der Waals surface area (Å²) in [5, 5.41) is 11.3. The highest BCUT2D eigenvalue weighted by molar-refractivity contribution is 5.68. The van der Waals surface area contributed by atoms with Gasteiger partial charge in [-0.2, -0.15) is 0 Å². The molecular formula is C10H12FNO3. The van der Waals surface area contributed by atoms with Crippen molar-refractivity contribution in [1.29, 1.82) is 0 Å². The maximum Gasteiger partial charge on any atom is 0.305 e. The van der Waals surface area contributed by atoms with Gasteiger partial charge < -0.3 is 15.2 Å². The third kappa shape index (κ3) is 3.46. The van der Waals surface area contributed by atoms with E-state index in [0.717, 1.165) is 0 Å². The summed E-state index contributed by atoms with van der Waals surface area (Å²) in [5.74, 6) is -0.917. The van der Waals surface area contributed by atoms with Crippen molar-refractivity contribution in [1.82, 2.24) is 0 Å². The fourth-order valence-corrected chi connectivity index (χ4v) is 1.12. The number of methoxy groups -OCH3 is 1. The van der Waals surface area contributed by atoms with Crippen molar-refractivity contribution in [3.05, 3.63) is 24.0 Å². The molecule has 0 aliphatic rings. The Labute approximate surface area is 86.7 Å². The molecule has 0 aromatic heterocycles. The van der Waals surface area contributed by atoms with Crippen LogP contribution in [0.25, 0.3) is 0 Å². The first-order valence-corrected chi connectivity index (χ1v) is 4.42. The zero-order valence-corrected chi connectivity index (χ0v) is 8.29. The Balaban J connectivity index is 2.63. The summed E-state index contributed by atoms with van der Waals surface area (Å²) in [6.45, 7) is 0.275. The van der Waals surface area contributed by atoms with Crippen molar-refractivity contribution in [3.8, 4) is 5.75 Å². The molecule has 4 nitrogen and oxygen atoms in total. The molecule has 5 heteroatoms. The van der Waals surface area contributed by atoms with Crippen LogP contribution in [-0.4, -0.2) is 24.7 Å². The molecule has 0 saturated carbocycles. The second-order valence-corrected chi connectivity index (χ2v) is 2.92. The number of rotatable bonds is 5. The van der Waals surface area contributed by atoms with Crippen LogP contribution in [0.3, 0.4) is 0 Å². The number of aliphatic carboxylic acids is 1. The first-order chi connectivity index (χ1) is 7.13. The summed E-state index contributed by atoms with van der Waals surface area (Å²) in [5.41, 5.74) is 0.583. The molecular weight excluding hydrogens is 201 g/mol. The average Bonchev–Trinajstić information content (AvgIpc) is 2.19. The van der Waals surface area contributed by atoms with Crippen LogP contribution in [0.5, 0.6) is 5.75 Å². The summed E-state index contributed by atoms with van der Waals surface area (Å²) in [6.07, 6.45) is 0.000527. The molecule has 0 atom stereocenters. The second-order valence-electron chi connectivity index (χ2n) is 2.92. The quantitative estimate of drug-likeness (QED) is 0.781. The largest absolute Gasteiger partial charge is 0.494 e. The number of carboxylic acids is 1. The molecule has 0 heterocycles. The predicted octanol–water partition coefficient (Wildman–Crippen LogP) is 1.72. The van der Waals surface area contributed by atoms with Crippen LogP contribution in [-0.2, 0) is 4.79 Å². The molecule has 0 fully saturated rings. The molecule has 0 bridgehead atoms. The van der Waals surface area contributed by atoms with Gasteiger partial charge in [-0.25, -0.2) is 4.39 Å². The van der Waals surface area contributed by atoms with Crippen molar-refractivity contribution in [3.63, 3.8) is 0 Å². The van der Waals surface area contributed by atoms with E-state index in [9.17, 15) is 9.18 Å². The molecule has 82 valence electrons. The van der Waals surface area contributed by atoms with Gasteiger partial charge in [0.1, 0.15) is 11.6 Å². The number of hydrogen-bond acceptors (Lipinski definition) is 3. The maximum absolute atomic E-state index is 12.8. The molecule has 0 saturated heterocycles. The van der Waals surface area contributed by atoms with E-state index >= 15 is 0 Å². The summed E-state index contributed by atoms with van der Waals surface area (Å²) in [6, 6.07) is 4.03. The minimum atomic E-state index is -0.886. The number of hydrogen-bond donors (Lipinski definition) is 2. The van der Waals surface area contributed by atoms with E-state index < -0.39 is 11.8 Å². The number of ether oxygens (including phenoxy) is 1. The molecule has 0 unspecified atom stereocenters.